The maximum atomic E-state index is 13.0. The lowest BCUT2D eigenvalue weighted by molar-refractivity contribution is 0.138. The summed E-state index contributed by atoms with van der Waals surface area (Å²) in [4.78, 5) is 11.2. The number of hydrogen-bond acceptors (Lipinski definition) is 4. The van der Waals surface area contributed by atoms with E-state index in [1.165, 1.54) is 25.3 Å². The number of benzene rings is 1. The third-order valence-corrected chi connectivity index (χ3v) is 2.11. The van der Waals surface area contributed by atoms with E-state index in [0.717, 1.165) is 0 Å². The van der Waals surface area contributed by atoms with Crippen LogP contribution in [0.5, 0.6) is 5.75 Å². The third kappa shape index (κ3) is 4.29. The minimum Gasteiger partial charge on any atom is -0.496 e. The Morgan fingerprint density at radius 1 is 1.56 bits per heavy atom. The van der Waals surface area contributed by atoms with Gasteiger partial charge in [-0.3, -0.25) is 0 Å². The van der Waals surface area contributed by atoms with Gasteiger partial charge in [0.25, 0.3) is 0 Å². The molecule has 1 N–H and O–H groups in total. The molecule has 5 nitrogen and oxygen atoms in total. The number of halogens is 1. The third-order valence-electron chi connectivity index (χ3n) is 2.11. The molecule has 0 aliphatic carbocycles. The van der Waals surface area contributed by atoms with E-state index in [9.17, 15) is 9.18 Å². The second kappa shape index (κ2) is 7.12. The number of amides is 1. The van der Waals surface area contributed by atoms with Crippen molar-refractivity contribution in [2.24, 2.45) is 0 Å². The normalized spacial score (nSPS) is 9.39. The first-order valence-corrected chi connectivity index (χ1v) is 5.27. The second-order valence-corrected chi connectivity index (χ2v) is 3.37. The van der Waals surface area contributed by atoms with Gasteiger partial charge in [-0.2, -0.15) is 5.26 Å². The number of ether oxygens (including phenoxy) is 2. The number of carbonyl (C=O) groups is 1. The first-order chi connectivity index (χ1) is 8.67. The SMILES string of the molecule is COc1ccc(F)cc1COC(=O)NCCC#N. The fraction of sp³-hybridized carbons (Fsp3) is 0.333. The maximum absolute atomic E-state index is 13.0. The van der Waals surface area contributed by atoms with Gasteiger partial charge in [-0.05, 0) is 18.2 Å². The largest absolute Gasteiger partial charge is 0.496 e. The van der Waals surface area contributed by atoms with E-state index < -0.39 is 11.9 Å². The number of nitrogens with one attached hydrogen (secondary N) is 1. The average molecular weight is 252 g/mol. The van der Waals surface area contributed by atoms with E-state index in [1.54, 1.807) is 0 Å². The number of nitrogens with zero attached hydrogens (tertiary/aromatic N) is 1. The topological polar surface area (TPSA) is 71.3 Å². The van der Waals surface area contributed by atoms with Gasteiger partial charge in [-0.25, -0.2) is 9.18 Å². The molecule has 0 spiro atoms. The number of hydrogen-bond donors (Lipinski definition) is 1. The van der Waals surface area contributed by atoms with Crippen LogP contribution >= 0.6 is 0 Å². The molecule has 0 atom stereocenters. The Kier molecular flexibility index (Phi) is 5.45. The number of carbonyl (C=O) groups excluding carboxylic acids is 1. The number of nitriles is 1. The van der Waals surface area contributed by atoms with Crippen LogP contribution in [0, 0.1) is 17.1 Å². The zero-order valence-corrected chi connectivity index (χ0v) is 9.90. The van der Waals surface area contributed by atoms with Crippen LogP contribution in [0.3, 0.4) is 0 Å². The van der Waals surface area contributed by atoms with Gasteiger partial charge in [0.1, 0.15) is 18.2 Å². The van der Waals surface area contributed by atoms with Crippen LogP contribution in [0.25, 0.3) is 0 Å². The summed E-state index contributed by atoms with van der Waals surface area (Å²) in [6.07, 6.45) is -0.449. The van der Waals surface area contributed by atoms with Gasteiger partial charge in [-0.15, -0.1) is 0 Å². The molecule has 0 fully saturated rings. The van der Waals surface area contributed by atoms with Crippen LogP contribution in [0.2, 0.25) is 0 Å². The Morgan fingerprint density at radius 3 is 3.00 bits per heavy atom. The second-order valence-electron chi connectivity index (χ2n) is 3.37. The van der Waals surface area contributed by atoms with Crippen LogP contribution in [-0.4, -0.2) is 19.7 Å². The quantitative estimate of drug-likeness (QED) is 0.813. The molecular weight excluding hydrogens is 239 g/mol. The fourth-order valence-electron chi connectivity index (χ4n) is 1.27. The molecule has 1 amide bonds. The van der Waals surface area contributed by atoms with Gasteiger partial charge in [0, 0.05) is 12.1 Å². The first kappa shape index (κ1) is 13.8. The molecule has 18 heavy (non-hydrogen) atoms. The molecule has 0 saturated carbocycles. The predicted octanol–water partition coefficient (Wildman–Crippen LogP) is 1.97. The summed E-state index contributed by atoms with van der Waals surface area (Å²) in [6.45, 7) is 0.120. The van der Waals surface area contributed by atoms with Gasteiger partial charge < -0.3 is 14.8 Å². The van der Waals surface area contributed by atoms with Crippen molar-refractivity contribution < 1.29 is 18.7 Å². The summed E-state index contributed by atoms with van der Waals surface area (Å²) in [5, 5.41) is 10.7. The van der Waals surface area contributed by atoms with Gasteiger partial charge in [0.05, 0.1) is 19.6 Å². The summed E-state index contributed by atoms with van der Waals surface area (Å²) in [6, 6.07) is 5.84. The Hall–Kier alpha value is -2.29. The summed E-state index contributed by atoms with van der Waals surface area (Å²) in [7, 11) is 1.45. The number of rotatable bonds is 5. The molecule has 1 aromatic carbocycles. The van der Waals surface area contributed by atoms with Gasteiger partial charge in [-0.1, -0.05) is 0 Å². The van der Waals surface area contributed by atoms with Crippen molar-refractivity contribution in [1.29, 1.82) is 5.26 Å². The van der Waals surface area contributed by atoms with Crippen LogP contribution in [0.4, 0.5) is 9.18 Å². The van der Waals surface area contributed by atoms with Crippen molar-refractivity contribution in [3.05, 3.63) is 29.6 Å². The molecule has 0 saturated heterocycles. The van der Waals surface area contributed by atoms with Crippen molar-refractivity contribution in [3.8, 4) is 11.8 Å². The summed E-state index contributed by atoms with van der Waals surface area (Å²) >= 11 is 0. The average Bonchev–Trinajstić information content (AvgIpc) is 2.37. The summed E-state index contributed by atoms with van der Waals surface area (Å²) in [5.74, 6) is 0.0144. The maximum Gasteiger partial charge on any atom is 0.407 e. The van der Waals surface area contributed by atoms with Gasteiger partial charge in [0.15, 0.2) is 0 Å². The standard InChI is InChI=1S/C12H13FN2O3/c1-17-11-4-3-10(13)7-9(11)8-18-12(16)15-6-2-5-14/h3-4,7H,2,6,8H2,1H3,(H,15,16). The lowest BCUT2D eigenvalue weighted by atomic mass is 10.2. The molecule has 0 aliphatic heterocycles. The minimum atomic E-state index is -0.656. The first-order valence-electron chi connectivity index (χ1n) is 5.27. The van der Waals surface area contributed by atoms with Crippen LogP contribution in [-0.2, 0) is 11.3 Å². The zero-order chi connectivity index (χ0) is 13.4. The molecule has 0 radical (unpaired) electrons. The number of alkyl carbamates (subject to hydrolysis) is 1. The molecule has 6 heteroatoms. The molecule has 0 aliphatic rings. The highest BCUT2D eigenvalue weighted by Gasteiger charge is 2.07. The molecule has 1 rings (SSSR count). The zero-order valence-electron chi connectivity index (χ0n) is 9.90. The minimum absolute atomic E-state index is 0.0979. The van der Waals surface area contributed by atoms with Crippen molar-refractivity contribution in [2.75, 3.05) is 13.7 Å². The van der Waals surface area contributed by atoms with E-state index in [-0.39, 0.29) is 19.6 Å². The molecular formula is C12H13FN2O3. The van der Waals surface area contributed by atoms with Crippen molar-refractivity contribution >= 4 is 6.09 Å². The smallest absolute Gasteiger partial charge is 0.407 e. The van der Waals surface area contributed by atoms with E-state index in [4.69, 9.17) is 14.7 Å². The predicted molar refractivity (Wildman–Crippen MR) is 61.4 cm³/mol. The molecule has 0 bridgehead atoms. The Balaban J connectivity index is 2.50. The van der Waals surface area contributed by atoms with E-state index in [1.807, 2.05) is 6.07 Å². The van der Waals surface area contributed by atoms with Crippen molar-refractivity contribution in [3.63, 3.8) is 0 Å². The van der Waals surface area contributed by atoms with Gasteiger partial charge in [0.2, 0.25) is 0 Å². The molecule has 96 valence electrons. The molecule has 0 unspecified atom stereocenters. The van der Waals surface area contributed by atoms with Crippen LogP contribution < -0.4 is 10.1 Å². The molecule has 0 heterocycles. The highest BCUT2D eigenvalue weighted by Crippen LogP contribution is 2.19. The summed E-state index contributed by atoms with van der Waals surface area (Å²) < 4.78 is 22.9. The fourth-order valence-corrected chi connectivity index (χ4v) is 1.27. The van der Waals surface area contributed by atoms with Crippen LogP contribution in [0.1, 0.15) is 12.0 Å². The van der Waals surface area contributed by atoms with Crippen molar-refractivity contribution in [1.82, 2.24) is 5.32 Å². The van der Waals surface area contributed by atoms with E-state index >= 15 is 0 Å². The highest BCUT2D eigenvalue weighted by molar-refractivity contribution is 5.67. The monoisotopic (exact) mass is 252 g/mol. The van der Waals surface area contributed by atoms with Crippen molar-refractivity contribution in [2.45, 2.75) is 13.0 Å². The Morgan fingerprint density at radius 2 is 2.33 bits per heavy atom. The summed E-state index contributed by atoms with van der Waals surface area (Å²) in [5.41, 5.74) is 0.438. The lowest BCUT2D eigenvalue weighted by Crippen LogP contribution is -2.25. The Labute approximate surface area is 104 Å². The Bertz CT molecular complexity index is 457. The lowest BCUT2D eigenvalue weighted by Gasteiger charge is -2.09. The van der Waals surface area contributed by atoms with E-state index in [2.05, 4.69) is 5.32 Å². The van der Waals surface area contributed by atoms with Crippen LogP contribution in [0.15, 0.2) is 18.2 Å². The van der Waals surface area contributed by atoms with E-state index in [0.29, 0.717) is 11.3 Å². The molecule has 0 aromatic heterocycles. The number of methoxy groups -OCH3 is 1. The molecule has 1 aromatic rings. The highest BCUT2D eigenvalue weighted by atomic mass is 19.1. The van der Waals surface area contributed by atoms with Gasteiger partial charge >= 0.3 is 6.09 Å².